The molecular formula is C10H18ClN3O. The zero-order chi connectivity index (χ0) is 10.9. The molecule has 0 aliphatic rings. The average molecular weight is 232 g/mol. The van der Waals surface area contributed by atoms with Crippen molar-refractivity contribution in [3.05, 3.63) is 18.0 Å². The minimum atomic E-state index is 0.565. The topological polar surface area (TPSA) is 39.1 Å². The third-order valence-electron chi connectivity index (χ3n) is 2.13. The molecule has 4 nitrogen and oxygen atoms in total. The highest BCUT2D eigenvalue weighted by Crippen LogP contribution is 1.95. The smallest absolute Gasteiger partial charge is 0.0602 e. The van der Waals surface area contributed by atoms with Gasteiger partial charge >= 0.3 is 0 Å². The molecular weight excluding hydrogens is 214 g/mol. The van der Waals surface area contributed by atoms with Gasteiger partial charge in [-0.3, -0.25) is 4.68 Å². The summed E-state index contributed by atoms with van der Waals surface area (Å²) in [7, 11) is 1.96. The van der Waals surface area contributed by atoms with Gasteiger partial charge < -0.3 is 10.1 Å². The van der Waals surface area contributed by atoms with Gasteiger partial charge in [0.2, 0.25) is 0 Å². The van der Waals surface area contributed by atoms with E-state index in [-0.39, 0.29) is 0 Å². The molecule has 1 rings (SSSR count). The second-order valence-corrected chi connectivity index (χ2v) is 3.63. The number of halogens is 1. The fourth-order valence-electron chi connectivity index (χ4n) is 1.29. The molecule has 15 heavy (non-hydrogen) atoms. The van der Waals surface area contributed by atoms with E-state index < -0.39 is 0 Å². The molecule has 0 aliphatic heterocycles. The van der Waals surface area contributed by atoms with Crippen molar-refractivity contribution in [2.75, 3.05) is 32.2 Å². The quantitative estimate of drug-likeness (QED) is 0.532. The highest BCUT2D eigenvalue weighted by molar-refractivity contribution is 6.17. The first-order valence-corrected chi connectivity index (χ1v) is 5.69. The van der Waals surface area contributed by atoms with Gasteiger partial charge in [-0.2, -0.15) is 5.10 Å². The predicted octanol–water partition coefficient (Wildman–Crippen LogP) is 0.808. The van der Waals surface area contributed by atoms with Crippen molar-refractivity contribution in [2.24, 2.45) is 7.05 Å². The summed E-state index contributed by atoms with van der Waals surface area (Å²) in [5.41, 5.74) is 1.24. The Morgan fingerprint density at radius 3 is 3.00 bits per heavy atom. The fraction of sp³-hybridized carbons (Fsp3) is 0.700. The van der Waals surface area contributed by atoms with Gasteiger partial charge in [-0.25, -0.2) is 0 Å². The van der Waals surface area contributed by atoms with Crippen LogP contribution in [0.4, 0.5) is 0 Å². The first kappa shape index (κ1) is 12.5. The summed E-state index contributed by atoms with van der Waals surface area (Å²) in [6.07, 6.45) is 2.81. The lowest BCUT2D eigenvalue weighted by atomic mass is 10.3. The van der Waals surface area contributed by atoms with Crippen molar-refractivity contribution in [2.45, 2.75) is 6.42 Å². The van der Waals surface area contributed by atoms with Crippen LogP contribution in [-0.4, -0.2) is 42.0 Å². The summed E-state index contributed by atoms with van der Waals surface area (Å²) in [6, 6.07) is 2.03. The zero-order valence-electron chi connectivity index (χ0n) is 9.08. The molecule has 1 aromatic rings. The molecule has 0 aromatic carbocycles. The highest BCUT2D eigenvalue weighted by atomic mass is 35.5. The van der Waals surface area contributed by atoms with Crippen LogP contribution in [0.5, 0.6) is 0 Å². The van der Waals surface area contributed by atoms with Gasteiger partial charge in [0, 0.05) is 44.3 Å². The number of nitrogens with one attached hydrogen (secondary N) is 1. The molecule has 1 aromatic heterocycles. The maximum absolute atomic E-state index is 5.47. The zero-order valence-corrected chi connectivity index (χ0v) is 9.83. The predicted molar refractivity (Wildman–Crippen MR) is 61.3 cm³/mol. The van der Waals surface area contributed by atoms with Gasteiger partial charge in [0.05, 0.1) is 13.2 Å². The van der Waals surface area contributed by atoms with Crippen LogP contribution < -0.4 is 5.32 Å². The van der Waals surface area contributed by atoms with E-state index in [1.807, 2.05) is 24.0 Å². The second-order valence-electron chi connectivity index (χ2n) is 3.25. The number of aromatic nitrogens is 2. The number of alkyl halides is 1. The lowest BCUT2D eigenvalue weighted by molar-refractivity contribution is 0.151. The summed E-state index contributed by atoms with van der Waals surface area (Å²) in [5, 5.41) is 7.41. The van der Waals surface area contributed by atoms with E-state index in [0.717, 1.165) is 26.1 Å². The van der Waals surface area contributed by atoms with Crippen LogP contribution in [0.2, 0.25) is 0 Å². The number of rotatable bonds is 8. The largest absolute Gasteiger partial charge is 0.379 e. The molecule has 0 unspecified atom stereocenters. The number of ether oxygens (including phenoxy) is 1. The Balaban J connectivity index is 1.96. The van der Waals surface area contributed by atoms with Crippen LogP contribution in [0.1, 0.15) is 5.69 Å². The van der Waals surface area contributed by atoms with Crippen LogP contribution in [0.15, 0.2) is 12.3 Å². The lowest BCUT2D eigenvalue weighted by Gasteiger charge is -2.05. The molecule has 0 saturated heterocycles. The average Bonchev–Trinajstić information content (AvgIpc) is 2.63. The van der Waals surface area contributed by atoms with E-state index in [2.05, 4.69) is 10.4 Å². The number of aryl methyl sites for hydroxylation is 1. The summed E-state index contributed by atoms with van der Waals surface area (Å²) < 4.78 is 7.13. The van der Waals surface area contributed by atoms with Crippen molar-refractivity contribution in [1.29, 1.82) is 0 Å². The Kier molecular flexibility index (Phi) is 6.39. The Morgan fingerprint density at radius 2 is 2.33 bits per heavy atom. The summed E-state index contributed by atoms with van der Waals surface area (Å²) in [6.45, 7) is 3.17. The summed E-state index contributed by atoms with van der Waals surface area (Å²) in [5.74, 6) is 0.565. The Morgan fingerprint density at radius 1 is 1.47 bits per heavy atom. The SMILES string of the molecule is Cn1nccc1CCNCCOCCCl. The summed E-state index contributed by atoms with van der Waals surface area (Å²) >= 11 is 5.47. The Bertz CT molecular complexity index is 265. The molecule has 1 heterocycles. The maximum atomic E-state index is 5.47. The van der Waals surface area contributed by atoms with E-state index in [1.54, 1.807) is 0 Å². The van der Waals surface area contributed by atoms with Crippen molar-refractivity contribution in [1.82, 2.24) is 15.1 Å². The van der Waals surface area contributed by atoms with Crippen molar-refractivity contribution in [3.8, 4) is 0 Å². The Hall–Kier alpha value is -0.580. The van der Waals surface area contributed by atoms with Gasteiger partial charge in [-0.05, 0) is 6.07 Å². The van der Waals surface area contributed by atoms with Crippen LogP contribution in [-0.2, 0) is 18.2 Å². The monoisotopic (exact) mass is 231 g/mol. The van der Waals surface area contributed by atoms with E-state index in [9.17, 15) is 0 Å². The molecule has 0 spiro atoms. The van der Waals surface area contributed by atoms with Crippen LogP contribution in [0.3, 0.4) is 0 Å². The third kappa shape index (κ3) is 5.16. The molecule has 0 radical (unpaired) electrons. The van der Waals surface area contributed by atoms with Gasteiger partial charge in [0.15, 0.2) is 0 Å². The minimum absolute atomic E-state index is 0.565. The fourth-order valence-corrected chi connectivity index (χ4v) is 1.40. The summed E-state index contributed by atoms with van der Waals surface area (Å²) in [4.78, 5) is 0. The van der Waals surface area contributed by atoms with Gasteiger partial charge in [-0.15, -0.1) is 11.6 Å². The van der Waals surface area contributed by atoms with E-state index in [0.29, 0.717) is 12.5 Å². The minimum Gasteiger partial charge on any atom is -0.379 e. The molecule has 0 fully saturated rings. The molecule has 0 aliphatic carbocycles. The molecule has 0 amide bonds. The third-order valence-corrected chi connectivity index (χ3v) is 2.28. The standard InChI is InChI=1S/C10H18ClN3O/c1-14-10(3-6-13-14)2-5-12-7-9-15-8-4-11/h3,6,12H,2,4-5,7-9H2,1H3. The Labute approximate surface area is 95.6 Å². The molecule has 1 N–H and O–H groups in total. The molecule has 5 heteroatoms. The van der Waals surface area contributed by atoms with Crippen molar-refractivity contribution >= 4 is 11.6 Å². The van der Waals surface area contributed by atoms with Gasteiger partial charge in [-0.1, -0.05) is 0 Å². The first-order valence-electron chi connectivity index (χ1n) is 5.16. The second kappa shape index (κ2) is 7.68. The number of hydrogen-bond acceptors (Lipinski definition) is 3. The molecule has 86 valence electrons. The first-order chi connectivity index (χ1) is 7.34. The van der Waals surface area contributed by atoms with E-state index in [1.165, 1.54) is 5.69 Å². The lowest BCUT2D eigenvalue weighted by Crippen LogP contribution is -2.23. The van der Waals surface area contributed by atoms with Crippen LogP contribution in [0, 0.1) is 0 Å². The van der Waals surface area contributed by atoms with Crippen LogP contribution >= 0.6 is 11.6 Å². The highest BCUT2D eigenvalue weighted by Gasteiger charge is 1.96. The van der Waals surface area contributed by atoms with Gasteiger partial charge in [0.1, 0.15) is 0 Å². The molecule has 0 atom stereocenters. The molecule has 0 bridgehead atoms. The maximum Gasteiger partial charge on any atom is 0.0602 e. The van der Waals surface area contributed by atoms with Crippen LogP contribution in [0.25, 0.3) is 0 Å². The van der Waals surface area contributed by atoms with Crippen molar-refractivity contribution in [3.63, 3.8) is 0 Å². The normalized spacial score (nSPS) is 10.8. The van der Waals surface area contributed by atoms with E-state index >= 15 is 0 Å². The van der Waals surface area contributed by atoms with E-state index in [4.69, 9.17) is 16.3 Å². The van der Waals surface area contributed by atoms with Gasteiger partial charge in [0.25, 0.3) is 0 Å². The number of nitrogens with zero attached hydrogens (tertiary/aromatic N) is 2. The molecule has 0 saturated carbocycles. The van der Waals surface area contributed by atoms with Crippen molar-refractivity contribution < 1.29 is 4.74 Å². The number of hydrogen-bond donors (Lipinski definition) is 1.